The summed E-state index contributed by atoms with van der Waals surface area (Å²) < 4.78 is 27.1. The van der Waals surface area contributed by atoms with Crippen LogP contribution in [0.2, 0.25) is 0 Å². The molecule has 1 saturated heterocycles. The van der Waals surface area contributed by atoms with E-state index in [2.05, 4.69) is 15.9 Å². The van der Waals surface area contributed by atoms with E-state index in [1.807, 2.05) is 0 Å². The standard InChI is InChI=1S/C11H14BrNO4S2/c1-7-9(5-10(12)18-7)19(16,17)13-4-2-3-8(6-13)11(14)15/h5,8H,2-4,6H2,1H3,(H,14,15)/t8-/m0/s1. The number of carboxylic acid groups (broad SMARTS) is 1. The Kier molecular flexibility index (Phi) is 4.34. The maximum atomic E-state index is 12.5. The maximum Gasteiger partial charge on any atom is 0.307 e. The average Bonchev–Trinajstić information content (AvgIpc) is 2.69. The van der Waals surface area contributed by atoms with E-state index < -0.39 is 21.9 Å². The lowest BCUT2D eigenvalue weighted by Gasteiger charge is -2.29. The molecule has 2 rings (SSSR count). The average molecular weight is 368 g/mol. The molecule has 1 aromatic heterocycles. The zero-order valence-corrected chi connectivity index (χ0v) is 13.5. The predicted molar refractivity (Wildman–Crippen MR) is 75.9 cm³/mol. The van der Waals surface area contributed by atoms with Gasteiger partial charge in [-0.3, -0.25) is 4.79 Å². The second-order valence-electron chi connectivity index (χ2n) is 4.51. The first-order valence-corrected chi connectivity index (χ1v) is 8.86. The van der Waals surface area contributed by atoms with Crippen molar-refractivity contribution in [3.05, 3.63) is 14.7 Å². The van der Waals surface area contributed by atoms with E-state index in [1.54, 1.807) is 13.0 Å². The van der Waals surface area contributed by atoms with Crippen molar-refractivity contribution >= 4 is 43.3 Å². The van der Waals surface area contributed by atoms with Gasteiger partial charge in [-0.05, 0) is 41.8 Å². The zero-order chi connectivity index (χ0) is 14.2. The molecular weight excluding hydrogens is 354 g/mol. The van der Waals surface area contributed by atoms with Gasteiger partial charge in [0.05, 0.1) is 14.6 Å². The molecule has 1 aliphatic rings. The van der Waals surface area contributed by atoms with Gasteiger partial charge in [0, 0.05) is 18.0 Å². The van der Waals surface area contributed by atoms with Crippen LogP contribution in [0, 0.1) is 12.8 Å². The molecule has 0 aliphatic carbocycles. The van der Waals surface area contributed by atoms with Crippen molar-refractivity contribution in [3.8, 4) is 0 Å². The number of aryl methyl sites for hydroxylation is 1. The summed E-state index contributed by atoms with van der Waals surface area (Å²) in [6.07, 6.45) is 1.12. The molecule has 0 saturated carbocycles. The van der Waals surface area contributed by atoms with E-state index in [0.29, 0.717) is 24.3 Å². The smallest absolute Gasteiger partial charge is 0.307 e. The summed E-state index contributed by atoms with van der Waals surface area (Å²) in [5, 5.41) is 9.02. The van der Waals surface area contributed by atoms with Crippen molar-refractivity contribution in [2.75, 3.05) is 13.1 Å². The third-order valence-corrected chi connectivity index (χ3v) is 6.87. The number of hydrogen-bond donors (Lipinski definition) is 1. The third-order valence-electron chi connectivity index (χ3n) is 3.19. The molecule has 0 radical (unpaired) electrons. The fourth-order valence-electron chi connectivity index (χ4n) is 2.19. The number of aliphatic carboxylic acids is 1. The Morgan fingerprint density at radius 1 is 1.58 bits per heavy atom. The lowest BCUT2D eigenvalue weighted by Crippen LogP contribution is -2.42. The Morgan fingerprint density at radius 3 is 2.79 bits per heavy atom. The van der Waals surface area contributed by atoms with Crippen LogP contribution in [-0.2, 0) is 14.8 Å². The molecule has 8 heteroatoms. The molecule has 0 bridgehead atoms. The molecule has 1 atom stereocenters. The highest BCUT2D eigenvalue weighted by atomic mass is 79.9. The molecular formula is C11H14BrNO4S2. The SMILES string of the molecule is Cc1sc(Br)cc1S(=O)(=O)N1CCC[C@H](C(=O)O)C1. The topological polar surface area (TPSA) is 74.7 Å². The number of carboxylic acids is 1. The summed E-state index contributed by atoms with van der Waals surface area (Å²) in [5.74, 6) is -1.53. The van der Waals surface area contributed by atoms with Crippen molar-refractivity contribution in [2.45, 2.75) is 24.7 Å². The van der Waals surface area contributed by atoms with Gasteiger partial charge >= 0.3 is 5.97 Å². The highest BCUT2D eigenvalue weighted by Gasteiger charge is 2.34. The van der Waals surface area contributed by atoms with Crippen molar-refractivity contribution in [1.29, 1.82) is 0 Å². The van der Waals surface area contributed by atoms with Gasteiger partial charge < -0.3 is 5.11 Å². The molecule has 1 aromatic rings. The first kappa shape index (κ1) is 15.0. The summed E-state index contributed by atoms with van der Waals surface area (Å²) in [7, 11) is -3.59. The largest absolute Gasteiger partial charge is 0.481 e. The summed E-state index contributed by atoms with van der Waals surface area (Å²) in [4.78, 5) is 12.0. The van der Waals surface area contributed by atoms with E-state index in [-0.39, 0.29) is 11.4 Å². The molecule has 1 N–H and O–H groups in total. The van der Waals surface area contributed by atoms with Gasteiger partial charge in [0.1, 0.15) is 0 Å². The molecule has 106 valence electrons. The van der Waals surface area contributed by atoms with Crippen LogP contribution in [0.1, 0.15) is 17.7 Å². The molecule has 2 heterocycles. The van der Waals surface area contributed by atoms with E-state index in [4.69, 9.17) is 5.11 Å². The Balaban J connectivity index is 2.29. The van der Waals surface area contributed by atoms with E-state index in [9.17, 15) is 13.2 Å². The van der Waals surface area contributed by atoms with E-state index >= 15 is 0 Å². The minimum absolute atomic E-state index is 0.0601. The predicted octanol–water partition coefficient (Wildman–Crippen LogP) is 2.30. The van der Waals surface area contributed by atoms with Crippen LogP contribution in [0.15, 0.2) is 14.7 Å². The van der Waals surface area contributed by atoms with Crippen LogP contribution < -0.4 is 0 Å². The molecule has 0 aromatic carbocycles. The summed E-state index contributed by atoms with van der Waals surface area (Å²) in [6, 6.07) is 1.58. The second kappa shape index (κ2) is 5.51. The number of rotatable bonds is 3. The molecule has 0 unspecified atom stereocenters. The fourth-order valence-corrected chi connectivity index (χ4v) is 6.10. The van der Waals surface area contributed by atoms with E-state index in [0.717, 1.165) is 3.79 Å². The number of hydrogen-bond acceptors (Lipinski definition) is 4. The summed E-state index contributed by atoms with van der Waals surface area (Å²) in [6.45, 7) is 2.20. The third kappa shape index (κ3) is 3.01. The molecule has 19 heavy (non-hydrogen) atoms. The lowest BCUT2D eigenvalue weighted by atomic mass is 10.0. The first-order chi connectivity index (χ1) is 8.82. The summed E-state index contributed by atoms with van der Waals surface area (Å²) >= 11 is 4.64. The quantitative estimate of drug-likeness (QED) is 0.889. The Morgan fingerprint density at radius 2 is 2.26 bits per heavy atom. The van der Waals surface area contributed by atoms with Crippen LogP contribution in [0.4, 0.5) is 0 Å². The minimum atomic E-state index is -3.59. The van der Waals surface area contributed by atoms with Crippen LogP contribution in [-0.4, -0.2) is 36.9 Å². The van der Waals surface area contributed by atoms with Crippen LogP contribution >= 0.6 is 27.3 Å². The van der Waals surface area contributed by atoms with Crippen LogP contribution in [0.5, 0.6) is 0 Å². The summed E-state index contributed by atoms with van der Waals surface area (Å²) in [5.41, 5.74) is 0. The maximum absolute atomic E-state index is 12.5. The van der Waals surface area contributed by atoms with Gasteiger partial charge in [-0.2, -0.15) is 4.31 Å². The first-order valence-electron chi connectivity index (χ1n) is 5.81. The van der Waals surface area contributed by atoms with Crippen molar-refractivity contribution in [1.82, 2.24) is 4.31 Å². The number of halogens is 1. The van der Waals surface area contributed by atoms with Gasteiger partial charge in [-0.15, -0.1) is 11.3 Å². The normalized spacial score (nSPS) is 21.5. The Labute approximate surface area is 124 Å². The van der Waals surface area contributed by atoms with Gasteiger partial charge in [0.25, 0.3) is 0 Å². The molecule has 1 fully saturated rings. The Bertz CT molecular complexity index is 596. The van der Waals surface area contributed by atoms with Gasteiger partial charge in [0.2, 0.25) is 10.0 Å². The van der Waals surface area contributed by atoms with Crippen molar-refractivity contribution < 1.29 is 18.3 Å². The minimum Gasteiger partial charge on any atom is -0.481 e. The lowest BCUT2D eigenvalue weighted by molar-refractivity contribution is -0.142. The molecule has 0 spiro atoms. The number of sulfonamides is 1. The highest BCUT2D eigenvalue weighted by molar-refractivity contribution is 9.11. The van der Waals surface area contributed by atoms with Crippen molar-refractivity contribution in [3.63, 3.8) is 0 Å². The van der Waals surface area contributed by atoms with Gasteiger partial charge in [-0.25, -0.2) is 8.42 Å². The van der Waals surface area contributed by atoms with Gasteiger partial charge in [0.15, 0.2) is 0 Å². The molecule has 5 nitrogen and oxygen atoms in total. The Hall–Kier alpha value is -0.440. The number of piperidine rings is 1. The molecule has 1 aliphatic heterocycles. The number of thiophene rings is 1. The second-order valence-corrected chi connectivity index (χ2v) is 9.05. The molecule has 0 amide bonds. The number of nitrogens with zero attached hydrogens (tertiary/aromatic N) is 1. The number of carbonyl (C=O) groups is 1. The van der Waals surface area contributed by atoms with Crippen molar-refractivity contribution in [2.24, 2.45) is 5.92 Å². The fraction of sp³-hybridized carbons (Fsp3) is 0.545. The van der Waals surface area contributed by atoms with Crippen LogP contribution in [0.3, 0.4) is 0 Å². The zero-order valence-electron chi connectivity index (χ0n) is 10.3. The monoisotopic (exact) mass is 367 g/mol. The van der Waals surface area contributed by atoms with Gasteiger partial charge in [-0.1, -0.05) is 0 Å². The van der Waals surface area contributed by atoms with Crippen LogP contribution in [0.25, 0.3) is 0 Å². The van der Waals surface area contributed by atoms with E-state index in [1.165, 1.54) is 15.6 Å². The highest BCUT2D eigenvalue weighted by Crippen LogP contribution is 2.33.